The minimum Gasteiger partial charge on any atom is -0.353 e. The third kappa shape index (κ3) is 5.26. The van der Waals surface area contributed by atoms with Gasteiger partial charge in [0.15, 0.2) is 0 Å². The molecule has 1 aliphatic carbocycles. The maximum absolute atomic E-state index is 11.6. The van der Waals surface area contributed by atoms with Crippen molar-refractivity contribution in [1.29, 1.82) is 5.26 Å². The number of amides is 1. The van der Waals surface area contributed by atoms with E-state index in [0.29, 0.717) is 23.1 Å². The lowest BCUT2D eigenvalue weighted by molar-refractivity contribution is -0.129. The van der Waals surface area contributed by atoms with E-state index < -0.39 is 0 Å². The monoisotopic (exact) mass is 475 g/mol. The first-order valence-electron chi connectivity index (χ1n) is 11.2. The largest absolute Gasteiger partial charge is 0.353 e. The molecule has 5 rings (SSSR count). The maximum Gasteiger partial charge on any atom is 0.219 e. The fourth-order valence-corrected chi connectivity index (χ4v) is 4.09. The Bertz CT molecular complexity index is 1210. The van der Waals surface area contributed by atoms with Crippen LogP contribution < -0.4 is 10.2 Å². The van der Waals surface area contributed by atoms with Crippen molar-refractivity contribution < 1.29 is 4.79 Å². The fourth-order valence-electron chi connectivity index (χ4n) is 4.09. The van der Waals surface area contributed by atoms with E-state index >= 15 is 0 Å². The van der Waals surface area contributed by atoms with Crippen LogP contribution in [0.4, 0.5) is 17.5 Å². The number of carbonyl (C=O) groups excluding carboxylic acids is 1. The Balaban J connectivity index is 0.00000274. The van der Waals surface area contributed by atoms with Crippen molar-refractivity contribution in [3.8, 4) is 17.3 Å². The molecular weight excluding hydrogens is 450 g/mol. The van der Waals surface area contributed by atoms with Gasteiger partial charge in [-0.25, -0.2) is 15.0 Å². The number of carbonyl (C=O) groups is 1. The van der Waals surface area contributed by atoms with E-state index in [1.807, 2.05) is 17.2 Å². The van der Waals surface area contributed by atoms with Crippen LogP contribution in [-0.2, 0) is 4.79 Å². The first-order valence-corrected chi connectivity index (χ1v) is 11.2. The summed E-state index contributed by atoms with van der Waals surface area (Å²) in [6.45, 7) is 4.62. The lowest BCUT2D eigenvalue weighted by atomic mass is 10.1. The lowest BCUT2D eigenvalue weighted by Crippen LogP contribution is -2.48. The van der Waals surface area contributed by atoms with E-state index in [1.165, 1.54) is 18.4 Å². The van der Waals surface area contributed by atoms with Crippen LogP contribution in [0.1, 0.15) is 36.8 Å². The van der Waals surface area contributed by atoms with Crippen molar-refractivity contribution in [3.63, 3.8) is 0 Å². The average molecular weight is 476 g/mol. The number of nitrogens with one attached hydrogen (secondary N) is 1. The zero-order chi connectivity index (χ0) is 22.8. The molecule has 1 N–H and O–H groups in total. The molecule has 8 nitrogen and oxygen atoms in total. The second-order valence-electron chi connectivity index (χ2n) is 8.51. The third-order valence-corrected chi connectivity index (χ3v) is 6.13. The number of halogens is 1. The summed E-state index contributed by atoms with van der Waals surface area (Å²) in [5.74, 6) is 2.91. The highest BCUT2D eigenvalue weighted by molar-refractivity contribution is 5.85. The van der Waals surface area contributed by atoms with Gasteiger partial charge in [-0.2, -0.15) is 5.26 Å². The molecule has 34 heavy (non-hydrogen) atoms. The number of piperazine rings is 1. The Morgan fingerprint density at radius 3 is 2.50 bits per heavy atom. The quantitative estimate of drug-likeness (QED) is 0.592. The van der Waals surface area contributed by atoms with Crippen molar-refractivity contribution in [2.45, 2.75) is 25.7 Å². The molecule has 1 aliphatic heterocycles. The summed E-state index contributed by atoms with van der Waals surface area (Å²) in [5, 5.41) is 12.4. The van der Waals surface area contributed by atoms with E-state index in [4.69, 9.17) is 10.2 Å². The van der Waals surface area contributed by atoms with E-state index in [9.17, 15) is 4.79 Å². The number of hydrogen-bond donors (Lipinski definition) is 1. The highest BCUT2D eigenvalue weighted by Gasteiger charge is 2.25. The Hall–Kier alpha value is -3.70. The summed E-state index contributed by atoms with van der Waals surface area (Å²) in [4.78, 5) is 29.4. The Morgan fingerprint density at radius 1 is 1.06 bits per heavy atom. The number of nitrogens with zero attached hydrogens (tertiary/aromatic N) is 6. The van der Waals surface area contributed by atoms with Crippen molar-refractivity contribution in [3.05, 3.63) is 59.9 Å². The van der Waals surface area contributed by atoms with Gasteiger partial charge in [-0.15, -0.1) is 12.4 Å². The SMILES string of the molecule is CC(=O)N1CCN(c2ccc(-c3cc(C4CC4)cc(Nc4cc(C#N)ccn4)n3)cn2)CC1.Cl. The molecule has 0 atom stereocenters. The molecular formula is C25H26ClN7O. The average Bonchev–Trinajstić information content (AvgIpc) is 3.70. The number of hydrogen-bond acceptors (Lipinski definition) is 7. The van der Waals surface area contributed by atoms with Crippen molar-refractivity contribution in [2.75, 3.05) is 36.4 Å². The number of rotatable bonds is 5. The molecule has 0 unspecified atom stereocenters. The summed E-state index contributed by atoms with van der Waals surface area (Å²) >= 11 is 0. The first kappa shape index (κ1) is 23.5. The Morgan fingerprint density at radius 2 is 1.85 bits per heavy atom. The highest BCUT2D eigenvalue weighted by Crippen LogP contribution is 2.42. The van der Waals surface area contributed by atoms with Gasteiger partial charge in [0.1, 0.15) is 17.5 Å². The zero-order valence-electron chi connectivity index (χ0n) is 18.9. The minimum absolute atomic E-state index is 0. The molecule has 1 saturated carbocycles. The molecule has 2 aliphatic rings. The predicted octanol–water partition coefficient (Wildman–Crippen LogP) is 4.12. The van der Waals surface area contributed by atoms with Gasteiger partial charge in [0.2, 0.25) is 5.91 Å². The minimum atomic E-state index is 0. The number of nitriles is 1. The van der Waals surface area contributed by atoms with Crippen LogP contribution in [0, 0.1) is 11.3 Å². The smallest absolute Gasteiger partial charge is 0.219 e. The van der Waals surface area contributed by atoms with Crippen molar-refractivity contribution >= 4 is 35.8 Å². The molecule has 3 aromatic heterocycles. The van der Waals surface area contributed by atoms with Gasteiger partial charge in [-0.3, -0.25) is 4.79 Å². The molecule has 1 saturated heterocycles. The van der Waals surface area contributed by atoms with E-state index in [2.05, 4.69) is 44.5 Å². The highest BCUT2D eigenvalue weighted by atomic mass is 35.5. The van der Waals surface area contributed by atoms with Crippen LogP contribution in [0.25, 0.3) is 11.3 Å². The Kier molecular flexibility index (Phi) is 6.94. The van der Waals surface area contributed by atoms with Gasteiger partial charge >= 0.3 is 0 Å². The van der Waals surface area contributed by atoms with E-state index in [-0.39, 0.29) is 18.3 Å². The Labute approximate surface area is 205 Å². The maximum atomic E-state index is 11.6. The van der Waals surface area contributed by atoms with Crippen LogP contribution in [-0.4, -0.2) is 51.9 Å². The molecule has 174 valence electrons. The lowest BCUT2D eigenvalue weighted by Gasteiger charge is -2.34. The summed E-state index contributed by atoms with van der Waals surface area (Å²) < 4.78 is 0. The second kappa shape index (κ2) is 10.1. The van der Waals surface area contributed by atoms with Crippen LogP contribution in [0.3, 0.4) is 0 Å². The topological polar surface area (TPSA) is 98.0 Å². The van der Waals surface area contributed by atoms with E-state index in [1.54, 1.807) is 25.3 Å². The van der Waals surface area contributed by atoms with Gasteiger partial charge in [-0.1, -0.05) is 0 Å². The molecule has 0 aromatic carbocycles. The van der Waals surface area contributed by atoms with Crippen LogP contribution in [0.15, 0.2) is 48.8 Å². The van der Waals surface area contributed by atoms with Crippen LogP contribution >= 0.6 is 12.4 Å². The molecule has 1 amide bonds. The summed E-state index contributed by atoms with van der Waals surface area (Å²) in [5.41, 5.74) is 3.61. The fraction of sp³-hybridized carbons (Fsp3) is 0.320. The molecule has 3 aromatic rings. The van der Waals surface area contributed by atoms with Gasteiger partial charge in [0.05, 0.1) is 17.3 Å². The molecule has 0 radical (unpaired) electrons. The zero-order valence-corrected chi connectivity index (χ0v) is 19.8. The summed E-state index contributed by atoms with van der Waals surface area (Å²) in [6, 6.07) is 13.8. The molecule has 9 heteroatoms. The third-order valence-electron chi connectivity index (χ3n) is 6.13. The van der Waals surface area contributed by atoms with Crippen LogP contribution in [0.2, 0.25) is 0 Å². The van der Waals surface area contributed by atoms with Gasteiger partial charge in [0.25, 0.3) is 0 Å². The number of anilines is 3. The molecule has 0 spiro atoms. The predicted molar refractivity (Wildman–Crippen MR) is 133 cm³/mol. The first-order chi connectivity index (χ1) is 16.1. The number of pyridine rings is 3. The molecule has 0 bridgehead atoms. The summed E-state index contributed by atoms with van der Waals surface area (Å²) in [6.07, 6.45) is 5.86. The van der Waals surface area contributed by atoms with Gasteiger partial charge in [0, 0.05) is 51.1 Å². The molecule has 4 heterocycles. The summed E-state index contributed by atoms with van der Waals surface area (Å²) in [7, 11) is 0. The molecule has 2 fully saturated rings. The second-order valence-corrected chi connectivity index (χ2v) is 8.51. The number of aromatic nitrogens is 3. The van der Waals surface area contributed by atoms with Gasteiger partial charge < -0.3 is 15.1 Å². The normalized spacial score (nSPS) is 15.3. The van der Waals surface area contributed by atoms with Crippen LogP contribution in [0.5, 0.6) is 0 Å². The standard InChI is InChI=1S/C25H25N7O.ClH/c1-17(33)31-8-10-32(11-9-31)25-5-4-20(16-28-25)22-13-21(19-2-3-19)14-24(29-22)30-23-12-18(15-26)6-7-27-23;/h4-7,12-14,16,19H,2-3,8-11H2,1H3,(H,27,29,30);1H. The van der Waals surface area contributed by atoms with Crippen molar-refractivity contribution in [2.24, 2.45) is 0 Å². The van der Waals surface area contributed by atoms with Crippen molar-refractivity contribution in [1.82, 2.24) is 19.9 Å². The van der Waals surface area contributed by atoms with Gasteiger partial charge in [-0.05, 0) is 60.7 Å². The van der Waals surface area contributed by atoms with E-state index in [0.717, 1.165) is 43.3 Å².